The molecule has 40 heavy (non-hydrogen) atoms. The van der Waals surface area contributed by atoms with E-state index >= 15 is 4.39 Å². The number of piperidine rings is 1. The lowest BCUT2D eigenvalue weighted by Gasteiger charge is -2.32. The van der Waals surface area contributed by atoms with Crippen molar-refractivity contribution < 1.29 is 35.5 Å². The van der Waals surface area contributed by atoms with Crippen molar-refractivity contribution in [1.29, 1.82) is 0 Å². The van der Waals surface area contributed by atoms with Crippen LogP contribution in [0.4, 0.5) is 36.6 Å². The highest BCUT2D eigenvalue weighted by molar-refractivity contribution is 6.36. The molecule has 1 saturated heterocycles. The molecule has 1 amide bonds. The first-order chi connectivity index (χ1) is 18.6. The minimum atomic E-state index is -5.19. The molecule has 0 spiro atoms. The number of aromatic nitrogens is 3. The van der Waals surface area contributed by atoms with E-state index in [0.717, 1.165) is 6.07 Å². The van der Waals surface area contributed by atoms with Crippen LogP contribution < -0.4 is 15.8 Å². The van der Waals surface area contributed by atoms with Crippen LogP contribution in [0.25, 0.3) is 11.4 Å². The molecular formula is C24H18Cl2F7N5O2. The van der Waals surface area contributed by atoms with Crippen LogP contribution >= 0.6 is 23.2 Å². The molecule has 1 aliphatic rings. The molecule has 0 unspecified atom stereocenters. The molecule has 2 aromatic heterocycles. The number of hydrogen-bond donors (Lipinski definition) is 2. The number of H-pyrrole nitrogens is 1. The van der Waals surface area contributed by atoms with E-state index in [-0.39, 0.29) is 6.07 Å². The number of aromatic amines is 1. The fourth-order valence-corrected chi connectivity index (χ4v) is 4.76. The maximum atomic E-state index is 15.4. The first kappa shape index (κ1) is 29.6. The molecule has 16 heteroatoms. The van der Waals surface area contributed by atoms with Gasteiger partial charge in [0.05, 0.1) is 21.2 Å². The van der Waals surface area contributed by atoms with Crippen LogP contribution in [0.2, 0.25) is 10.0 Å². The van der Waals surface area contributed by atoms with Gasteiger partial charge in [-0.15, -0.1) is 0 Å². The van der Waals surface area contributed by atoms with Crippen molar-refractivity contribution in [1.82, 2.24) is 20.3 Å². The van der Waals surface area contributed by atoms with Gasteiger partial charge in [0.15, 0.2) is 5.69 Å². The Morgan fingerprint density at radius 2 is 1.75 bits per heavy atom. The number of halogens is 9. The Bertz CT molecular complexity index is 1490. The number of carbonyl (C=O) groups excluding carboxylic acids is 1. The normalized spacial score (nSPS) is 14.9. The lowest BCUT2D eigenvalue weighted by atomic mass is 9.95. The highest BCUT2D eigenvalue weighted by atomic mass is 35.5. The van der Waals surface area contributed by atoms with Crippen LogP contribution in [-0.2, 0) is 23.7 Å². The number of carbonyl (C=O) groups is 1. The number of anilines is 1. The standard InChI is InChI=1S/C24H18Cl2F7N5O2/c25-13-7-15(26)21(34-10-13)38-5-3-11(4-6-38)22(40)35-9-12-1-2-14(23(28,29)30)18(19(12)27)20-36-16(24(31,32)33)8-17(39)37-20/h1-2,7-8,10-11H,3-6,9H2,(H,35,40)(H,36,37,39). The van der Waals surface area contributed by atoms with E-state index in [1.165, 1.54) is 12.3 Å². The van der Waals surface area contributed by atoms with Gasteiger partial charge in [0.1, 0.15) is 17.5 Å². The van der Waals surface area contributed by atoms with Gasteiger partial charge < -0.3 is 15.2 Å². The van der Waals surface area contributed by atoms with Crippen molar-refractivity contribution >= 4 is 34.9 Å². The summed E-state index contributed by atoms with van der Waals surface area (Å²) in [6, 6.07) is 2.77. The second-order valence-electron chi connectivity index (χ2n) is 8.87. The second kappa shape index (κ2) is 11.2. The largest absolute Gasteiger partial charge is 0.433 e. The molecule has 0 atom stereocenters. The molecule has 2 N–H and O–H groups in total. The summed E-state index contributed by atoms with van der Waals surface area (Å²) in [7, 11) is 0. The first-order valence-electron chi connectivity index (χ1n) is 11.6. The summed E-state index contributed by atoms with van der Waals surface area (Å²) < 4.78 is 95.7. The molecule has 0 bridgehead atoms. The van der Waals surface area contributed by atoms with Crippen LogP contribution in [0.3, 0.4) is 0 Å². The van der Waals surface area contributed by atoms with Gasteiger partial charge in [-0.1, -0.05) is 29.3 Å². The van der Waals surface area contributed by atoms with E-state index in [2.05, 4.69) is 15.3 Å². The van der Waals surface area contributed by atoms with Gasteiger partial charge in [-0.25, -0.2) is 14.4 Å². The molecule has 0 saturated carbocycles. The number of benzene rings is 1. The summed E-state index contributed by atoms with van der Waals surface area (Å²) in [5, 5.41) is 3.15. The molecular weight excluding hydrogens is 594 g/mol. The van der Waals surface area contributed by atoms with Crippen LogP contribution in [-0.4, -0.2) is 33.9 Å². The Labute approximate surface area is 231 Å². The van der Waals surface area contributed by atoms with Gasteiger partial charge in [0.25, 0.3) is 5.56 Å². The van der Waals surface area contributed by atoms with Crippen LogP contribution in [0.1, 0.15) is 29.7 Å². The zero-order chi connectivity index (χ0) is 29.4. The smallest absolute Gasteiger partial charge is 0.355 e. The van der Waals surface area contributed by atoms with Gasteiger partial charge in [0.2, 0.25) is 5.91 Å². The van der Waals surface area contributed by atoms with Gasteiger partial charge in [-0.05, 0) is 25.0 Å². The molecule has 7 nitrogen and oxygen atoms in total. The molecule has 0 aliphatic carbocycles. The van der Waals surface area contributed by atoms with Gasteiger partial charge in [-0.2, -0.15) is 26.3 Å². The monoisotopic (exact) mass is 611 g/mol. The fourth-order valence-electron chi connectivity index (χ4n) is 4.26. The number of alkyl halides is 6. The predicted molar refractivity (Wildman–Crippen MR) is 131 cm³/mol. The second-order valence-corrected chi connectivity index (χ2v) is 9.72. The van der Waals surface area contributed by atoms with E-state index in [1.807, 2.05) is 4.90 Å². The van der Waals surface area contributed by atoms with Gasteiger partial charge >= 0.3 is 12.4 Å². The molecule has 3 aromatic rings. The number of pyridine rings is 1. The number of nitrogens with zero attached hydrogens (tertiary/aromatic N) is 3. The number of amides is 1. The van der Waals surface area contributed by atoms with E-state index in [4.69, 9.17) is 23.2 Å². The summed E-state index contributed by atoms with van der Waals surface area (Å²) >= 11 is 12.0. The summed E-state index contributed by atoms with van der Waals surface area (Å²) in [6.45, 7) is 0.239. The summed E-state index contributed by atoms with van der Waals surface area (Å²) in [5.74, 6) is -3.36. The number of nitrogens with one attached hydrogen (secondary N) is 2. The average Bonchev–Trinajstić information content (AvgIpc) is 2.86. The molecule has 0 radical (unpaired) electrons. The van der Waals surface area contributed by atoms with Gasteiger partial charge in [-0.3, -0.25) is 9.59 Å². The number of hydrogen-bond acceptors (Lipinski definition) is 5. The van der Waals surface area contributed by atoms with Crippen LogP contribution in [0.15, 0.2) is 35.3 Å². The topological polar surface area (TPSA) is 91.0 Å². The Balaban J connectivity index is 1.53. The minimum absolute atomic E-state index is 0.0426. The highest BCUT2D eigenvalue weighted by Gasteiger charge is 2.39. The lowest BCUT2D eigenvalue weighted by Crippen LogP contribution is -2.40. The Hall–Kier alpha value is -3.39. The zero-order valence-corrected chi connectivity index (χ0v) is 21.6. The first-order valence-corrected chi connectivity index (χ1v) is 12.3. The molecule has 1 aliphatic heterocycles. The van der Waals surface area contributed by atoms with E-state index < -0.39 is 70.3 Å². The Morgan fingerprint density at radius 3 is 2.35 bits per heavy atom. The van der Waals surface area contributed by atoms with Crippen molar-refractivity contribution in [3.05, 3.63) is 73.5 Å². The van der Waals surface area contributed by atoms with Crippen LogP contribution in [0.5, 0.6) is 0 Å². The van der Waals surface area contributed by atoms with Crippen molar-refractivity contribution in [2.24, 2.45) is 5.92 Å². The summed E-state index contributed by atoms with van der Waals surface area (Å²) in [6.07, 6.45) is -8.21. The SMILES string of the molecule is O=C(NCc1ccc(C(F)(F)F)c(-c2nc(C(F)(F)F)cc(=O)[nH]2)c1F)C1CCN(c2ncc(Cl)cc2Cl)CC1. The lowest BCUT2D eigenvalue weighted by molar-refractivity contribution is -0.141. The quantitative estimate of drug-likeness (QED) is 0.353. The van der Waals surface area contributed by atoms with Crippen molar-refractivity contribution in [3.8, 4) is 11.4 Å². The van der Waals surface area contributed by atoms with E-state index in [0.29, 0.717) is 47.9 Å². The summed E-state index contributed by atoms with van der Waals surface area (Å²) in [4.78, 5) is 35.3. The van der Waals surface area contributed by atoms with Crippen molar-refractivity contribution in [3.63, 3.8) is 0 Å². The fraction of sp³-hybridized carbons (Fsp3) is 0.333. The molecule has 214 valence electrons. The van der Waals surface area contributed by atoms with Crippen molar-refractivity contribution in [2.75, 3.05) is 18.0 Å². The highest BCUT2D eigenvalue weighted by Crippen LogP contribution is 2.39. The third-order valence-corrected chi connectivity index (χ3v) is 6.69. The molecule has 1 fully saturated rings. The van der Waals surface area contributed by atoms with Gasteiger partial charge in [0, 0.05) is 43.4 Å². The summed E-state index contributed by atoms with van der Waals surface area (Å²) in [5.41, 5.74) is -6.69. The third-order valence-electron chi connectivity index (χ3n) is 6.20. The van der Waals surface area contributed by atoms with E-state index in [1.54, 1.807) is 4.98 Å². The zero-order valence-electron chi connectivity index (χ0n) is 20.1. The minimum Gasteiger partial charge on any atom is -0.355 e. The average molecular weight is 612 g/mol. The van der Waals surface area contributed by atoms with Crippen molar-refractivity contribution in [2.45, 2.75) is 31.7 Å². The third kappa shape index (κ3) is 6.49. The molecule has 3 heterocycles. The van der Waals surface area contributed by atoms with E-state index in [9.17, 15) is 35.9 Å². The van der Waals surface area contributed by atoms with Crippen LogP contribution in [0, 0.1) is 11.7 Å². The maximum Gasteiger partial charge on any atom is 0.433 e. The molecule has 1 aromatic carbocycles. The maximum absolute atomic E-state index is 15.4. The Morgan fingerprint density at radius 1 is 1.07 bits per heavy atom. The predicted octanol–water partition coefficient (Wildman–Crippen LogP) is 5.85. The Kier molecular flexibility index (Phi) is 8.31. The number of rotatable bonds is 5. The molecule has 4 rings (SSSR count).